The minimum Gasteiger partial charge on any atom is -0.497 e. The summed E-state index contributed by atoms with van der Waals surface area (Å²) in [5.41, 5.74) is 1.09. The second-order valence-corrected chi connectivity index (χ2v) is 8.06. The van der Waals surface area contributed by atoms with Crippen molar-refractivity contribution in [3.63, 3.8) is 0 Å². The molecule has 0 unspecified atom stereocenters. The summed E-state index contributed by atoms with van der Waals surface area (Å²) < 4.78 is 32.1. The molecule has 0 aliphatic heterocycles. The number of hydrogen-bond acceptors (Lipinski definition) is 6. The van der Waals surface area contributed by atoms with E-state index in [4.69, 9.17) is 4.74 Å². The fourth-order valence-corrected chi connectivity index (χ4v) is 4.26. The zero-order chi connectivity index (χ0) is 19.3. The van der Waals surface area contributed by atoms with E-state index in [0.29, 0.717) is 17.1 Å². The number of aromatic nitrogens is 1. The van der Waals surface area contributed by atoms with Crippen LogP contribution in [0.2, 0.25) is 0 Å². The van der Waals surface area contributed by atoms with Crippen molar-refractivity contribution in [2.75, 3.05) is 17.1 Å². The first-order valence-corrected chi connectivity index (χ1v) is 10.3. The van der Waals surface area contributed by atoms with Gasteiger partial charge in [0.05, 0.1) is 24.1 Å². The second kappa shape index (κ2) is 8.19. The van der Waals surface area contributed by atoms with Crippen molar-refractivity contribution in [3.05, 3.63) is 65.7 Å². The van der Waals surface area contributed by atoms with Gasteiger partial charge < -0.3 is 10.1 Å². The number of rotatable bonds is 7. The Balaban J connectivity index is 1.63. The molecule has 1 aromatic heterocycles. The van der Waals surface area contributed by atoms with Gasteiger partial charge in [0.15, 0.2) is 5.13 Å². The van der Waals surface area contributed by atoms with E-state index in [2.05, 4.69) is 15.0 Å². The van der Waals surface area contributed by atoms with Crippen LogP contribution < -0.4 is 14.8 Å². The number of benzene rings is 2. The standard InChI is InChI=1S/C18H17N3O4S2/c1-25-15-7-5-6-13(10-15)19-17(22)11-14-12-26-18(20-14)21-27(23,24)16-8-3-2-4-9-16/h2-10,12H,11H2,1H3,(H,19,22)(H,20,21). The van der Waals surface area contributed by atoms with E-state index in [0.717, 1.165) is 11.3 Å². The molecule has 0 fully saturated rings. The van der Waals surface area contributed by atoms with Crippen molar-refractivity contribution in [1.29, 1.82) is 0 Å². The van der Waals surface area contributed by atoms with Crippen LogP contribution in [0.4, 0.5) is 10.8 Å². The van der Waals surface area contributed by atoms with Gasteiger partial charge in [-0.3, -0.25) is 9.52 Å². The van der Waals surface area contributed by atoms with Gasteiger partial charge >= 0.3 is 0 Å². The van der Waals surface area contributed by atoms with E-state index >= 15 is 0 Å². The summed E-state index contributed by atoms with van der Waals surface area (Å²) in [7, 11) is -2.15. The Labute approximate surface area is 161 Å². The predicted octanol–water partition coefficient (Wildman–Crippen LogP) is 3.13. The van der Waals surface area contributed by atoms with E-state index in [1.54, 1.807) is 55.0 Å². The molecule has 0 spiro atoms. The molecule has 7 nitrogen and oxygen atoms in total. The number of hydrogen-bond donors (Lipinski definition) is 2. The average Bonchev–Trinajstić information content (AvgIpc) is 3.08. The molecule has 27 heavy (non-hydrogen) atoms. The van der Waals surface area contributed by atoms with Crippen molar-refractivity contribution in [2.24, 2.45) is 0 Å². The van der Waals surface area contributed by atoms with Crippen LogP contribution in [0.15, 0.2) is 64.9 Å². The second-order valence-electron chi connectivity index (χ2n) is 5.52. The Morgan fingerprint density at radius 3 is 2.67 bits per heavy atom. The number of carbonyl (C=O) groups is 1. The molecule has 0 aliphatic carbocycles. The van der Waals surface area contributed by atoms with E-state index in [1.807, 2.05) is 0 Å². The molecule has 9 heteroatoms. The summed E-state index contributed by atoms with van der Waals surface area (Å²) in [6, 6.07) is 15.0. The maximum atomic E-state index is 12.3. The fourth-order valence-electron chi connectivity index (χ4n) is 2.28. The van der Waals surface area contributed by atoms with Crippen molar-refractivity contribution in [2.45, 2.75) is 11.3 Å². The first kappa shape index (κ1) is 18.9. The van der Waals surface area contributed by atoms with Gasteiger partial charge in [0, 0.05) is 17.1 Å². The van der Waals surface area contributed by atoms with Crippen LogP contribution in [0.5, 0.6) is 5.75 Å². The molecule has 3 aromatic rings. The lowest BCUT2D eigenvalue weighted by atomic mass is 10.2. The van der Waals surface area contributed by atoms with Gasteiger partial charge in [0.1, 0.15) is 5.75 Å². The number of nitrogens with zero attached hydrogens (tertiary/aromatic N) is 1. The zero-order valence-corrected chi connectivity index (χ0v) is 16.0. The normalized spacial score (nSPS) is 11.0. The number of anilines is 2. The average molecular weight is 403 g/mol. The monoisotopic (exact) mass is 403 g/mol. The van der Waals surface area contributed by atoms with E-state index in [9.17, 15) is 13.2 Å². The van der Waals surface area contributed by atoms with E-state index < -0.39 is 10.0 Å². The minimum atomic E-state index is -3.70. The molecule has 1 amide bonds. The highest BCUT2D eigenvalue weighted by atomic mass is 32.2. The Hall–Kier alpha value is -2.91. The smallest absolute Gasteiger partial charge is 0.263 e. The van der Waals surface area contributed by atoms with Crippen LogP contribution >= 0.6 is 11.3 Å². The van der Waals surface area contributed by atoms with Gasteiger partial charge in [-0.2, -0.15) is 0 Å². The third-order valence-corrected chi connectivity index (χ3v) is 5.81. The van der Waals surface area contributed by atoms with Crippen molar-refractivity contribution < 1.29 is 17.9 Å². The van der Waals surface area contributed by atoms with Gasteiger partial charge in [0.2, 0.25) is 5.91 Å². The van der Waals surface area contributed by atoms with Crippen LogP contribution in [0.25, 0.3) is 0 Å². The number of carbonyl (C=O) groups excluding carboxylic acids is 1. The van der Waals surface area contributed by atoms with Gasteiger partial charge in [0.25, 0.3) is 10.0 Å². The molecule has 140 valence electrons. The highest BCUT2D eigenvalue weighted by Crippen LogP contribution is 2.21. The summed E-state index contributed by atoms with van der Waals surface area (Å²) in [6.07, 6.45) is 0.0285. The quantitative estimate of drug-likeness (QED) is 0.632. The number of thiazole rings is 1. The van der Waals surface area contributed by atoms with Crippen molar-refractivity contribution >= 4 is 38.1 Å². The Kier molecular flexibility index (Phi) is 5.72. The summed E-state index contributed by atoms with van der Waals surface area (Å²) in [6.45, 7) is 0. The molecule has 0 radical (unpaired) electrons. The maximum Gasteiger partial charge on any atom is 0.263 e. The van der Waals surface area contributed by atoms with Crippen LogP contribution in [0, 0.1) is 0 Å². The van der Waals surface area contributed by atoms with Crippen LogP contribution in [0.3, 0.4) is 0 Å². The fraction of sp³-hybridized carbons (Fsp3) is 0.111. The lowest BCUT2D eigenvalue weighted by molar-refractivity contribution is -0.115. The van der Waals surface area contributed by atoms with Gasteiger partial charge in [-0.15, -0.1) is 11.3 Å². The first-order valence-electron chi connectivity index (χ1n) is 7.92. The minimum absolute atomic E-state index is 0.0285. The molecule has 0 saturated carbocycles. The molecule has 0 saturated heterocycles. The number of methoxy groups -OCH3 is 1. The van der Waals surface area contributed by atoms with E-state index in [1.165, 1.54) is 12.1 Å². The summed E-state index contributed by atoms with van der Waals surface area (Å²) in [5.74, 6) is 0.380. The van der Waals surface area contributed by atoms with Gasteiger partial charge in [-0.1, -0.05) is 24.3 Å². The molecular weight excluding hydrogens is 386 g/mol. The highest BCUT2D eigenvalue weighted by molar-refractivity contribution is 7.93. The SMILES string of the molecule is COc1cccc(NC(=O)Cc2csc(NS(=O)(=O)c3ccccc3)n2)c1. The number of sulfonamides is 1. The summed E-state index contributed by atoms with van der Waals surface area (Å²) in [5, 5.41) is 4.61. The molecule has 2 aromatic carbocycles. The molecule has 0 aliphatic rings. The topological polar surface area (TPSA) is 97.4 Å². The largest absolute Gasteiger partial charge is 0.497 e. The number of ether oxygens (including phenoxy) is 1. The van der Waals surface area contributed by atoms with E-state index in [-0.39, 0.29) is 22.4 Å². The lowest BCUT2D eigenvalue weighted by Crippen LogP contribution is -2.15. The molecule has 0 bridgehead atoms. The Bertz CT molecular complexity index is 1030. The van der Waals surface area contributed by atoms with Gasteiger partial charge in [-0.25, -0.2) is 13.4 Å². The number of nitrogens with one attached hydrogen (secondary N) is 2. The lowest BCUT2D eigenvalue weighted by Gasteiger charge is -2.06. The highest BCUT2D eigenvalue weighted by Gasteiger charge is 2.16. The maximum absolute atomic E-state index is 12.3. The summed E-state index contributed by atoms with van der Waals surface area (Å²) >= 11 is 1.12. The summed E-state index contributed by atoms with van der Waals surface area (Å²) in [4.78, 5) is 16.5. The molecule has 1 heterocycles. The zero-order valence-electron chi connectivity index (χ0n) is 14.4. The van der Waals surface area contributed by atoms with Crippen molar-refractivity contribution in [1.82, 2.24) is 4.98 Å². The third-order valence-electron chi connectivity index (χ3n) is 3.52. The first-order chi connectivity index (χ1) is 13.0. The molecular formula is C18H17N3O4S2. The van der Waals surface area contributed by atoms with Gasteiger partial charge in [-0.05, 0) is 24.3 Å². The van der Waals surface area contributed by atoms with Crippen molar-refractivity contribution in [3.8, 4) is 5.75 Å². The van der Waals surface area contributed by atoms with Crippen LogP contribution in [-0.2, 0) is 21.2 Å². The molecule has 0 atom stereocenters. The van der Waals surface area contributed by atoms with Crippen LogP contribution in [-0.4, -0.2) is 26.4 Å². The number of amides is 1. The Morgan fingerprint density at radius 2 is 1.93 bits per heavy atom. The Morgan fingerprint density at radius 1 is 1.15 bits per heavy atom. The molecule has 2 N–H and O–H groups in total. The molecule has 3 rings (SSSR count). The predicted molar refractivity (Wildman–Crippen MR) is 105 cm³/mol. The van der Waals surface area contributed by atoms with Crippen LogP contribution in [0.1, 0.15) is 5.69 Å². The third kappa shape index (κ3) is 5.05.